The lowest BCUT2D eigenvalue weighted by molar-refractivity contribution is -0.172. The number of esters is 2. The highest BCUT2D eigenvalue weighted by atomic mass is 16.7. The molecule has 3 aromatic carbocycles. The fourth-order valence-corrected chi connectivity index (χ4v) is 12.6. The molecule has 0 radical (unpaired) electrons. The van der Waals surface area contributed by atoms with Crippen molar-refractivity contribution in [2.75, 3.05) is 33.3 Å². The van der Waals surface area contributed by atoms with Gasteiger partial charge in [0.05, 0.1) is 39.8 Å². The Balaban J connectivity index is 0.741. The molecule has 5 saturated carbocycles. The lowest BCUT2D eigenvalue weighted by Gasteiger charge is -2.65. The molecule has 9 rings (SSSR count). The minimum absolute atomic E-state index is 0.0319. The smallest absolute Gasteiger partial charge is 0.417 e. The maximum atomic E-state index is 13.1. The van der Waals surface area contributed by atoms with E-state index < -0.39 is 18.5 Å². The van der Waals surface area contributed by atoms with Crippen molar-refractivity contribution in [1.29, 1.82) is 0 Å². The first-order valence-electron chi connectivity index (χ1n) is 23.2. The lowest BCUT2D eigenvalue weighted by Crippen LogP contribution is -2.65. The minimum atomic E-state index is -0.957. The van der Waals surface area contributed by atoms with Gasteiger partial charge in [-0.05, 0) is 147 Å². The Kier molecular flexibility index (Phi) is 13.6. The number of nitrogens with one attached hydrogen (secondary N) is 3. The standard InChI is InChI=1S/C51H65N3O11/c1-31(64-48(58)54-51-25-35-23-49(2,29-51)28-50(3,24-35)30-51)63-45(55)36-11-15-38(16-12-36)52-26-32-7-13-39(14-8-32)53-47(57)65-42-18-10-34(22-44(42)61-6)20-40-37(27-62-46(40)56)19-33-9-17-41(59-4)43(21-33)60-5/h7-10,13-14,17-18,21-22,31,35-38,40,52H,11-12,15-16,19-20,23-30H2,1-6H3,(H,53,57)(H,54,58)/t31?,35?,36?,37-,38?,40+,49?,50?,51?/m0/s1. The average molecular weight is 896 g/mol. The predicted octanol–water partition coefficient (Wildman–Crippen LogP) is 8.91. The van der Waals surface area contributed by atoms with E-state index in [1.54, 1.807) is 33.3 Å². The van der Waals surface area contributed by atoms with Gasteiger partial charge in [-0.2, -0.15) is 0 Å². The van der Waals surface area contributed by atoms with Crippen LogP contribution in [-0.2, 0) is 43.2 Å². The highest BCUT2D eigenvalue weighted by molar-refractivity contribution is 5.86. The van der Waals surface area contributed by atoms with Crippen LogP contribution in [0.1, 0.15) is 102 Å². The third-order valence-electron chi connectivity index (χ3n) is 14.5. The Labute approximate surface area is 382 Å². The molecule has 3 N–H and O–H groups in total. The second-order valence-electron chi connectivity index (χ2n) is 20.2. The van der Waals surface area contributed by atoms with Crippen LogP contribution in [0.15, 0.2) is 60.7 Å². The minimum Gasteiger partial charge on any atom is -0.493 e. The van der Waals surface area contributed by atoms with Crippen molar-refractivity contribution in [2.45, 2.75) is 122 Å². The van der Waals surface area contributed by atoms with Gasteiger partial charge in [0, 0.05) is 36.7 Å². The molecule has 4 bridgehead atoms. The molecule has 350 valence electrons. The van der Waals surface area contributed by atoms with Gasteiger partial charge in [-0.1, -0.05) is 38.1 Å². The number of anilines is 1. The van der Waals surface area contributed by atoms with E-state index in [1.807, 2.05) is 48.5 Å². The summed E-state index contributed by atoms with van der Waals surface area (Å²) in [7, 11) is 4.69. The second kappa shape index (κ2) is 19.1. The van der Waals surface area contributed by atoms with Gasteiger partial charge in [0.1, 0.15) is 0 Å². The number of benzene rings is 3. The molecule has 1 aliphatic heterocycles. The Morgan fingerprint density at radius 2 is 1.34 bits per heavy atom. The fraction of sp³-hybridized carbons (Fsp3) is 0.569. The highest BCUT2D eigenvalue weighted by Crippen LogP contribution is 2.66. The maximum absolute atomic E-state index is 13.1. The van der Waals surface area contributed by atoms with Crippen molar-refractivity contribution in [3.05, 3.63) is 77.4 Å². The van der Waals surface area contributed by atoms with Gasteiger partial charge in [-0.15, -0.1) is 0 Å². The van der Waals surface area contributed by atoms with Gasteiger partial charge in [0.2, 0.25) is 6.29 Å². The molecule has 2 amide bonds. The molecule has 1 saturated heterocycles. The molecule has 6 aliphatic rings. The summed E-state index contributed by atoms with van der Waals surface area (Å²) < 4.78 is 38.7. The number of ether oxygens (including phenoxy) is 7. The van der Waals surface area contributed by atoms with E-state index in [1.165, 1.54) is 26.4 Å². The Morgan fingerprint density at radius 1 is 0.723 bits per heavy atom. The first kappa shape index (κ1) is 46.0. The summed E-state index contributed by atoms with van der Waals surface area (Å²) in [5.41, 5.74) is 3.78. The Morgan fingerprint density at radius 3 is 1.98 bits per heavy atom. The zero-order chi connectivity index (χ0) is 45.9. The number of rotatable bonds is 16. The molecule has 65 heavy (non-hydrogen) atoms. The van der Waals surface area contributed by atoms with Crippen LogP contribution in [0.25, 0.3) is 0 Å². The van der Waals surface area contributed by atoms with E-state index in [2.05, 4.69) is 29.8 Å². The van der Waals surface area contributed by atoms with Crippen molar-refractivity contribution in [3.8, 4) is 23.0 Å². The van der Waals surface area contributed by atoms with Gasteiger partial charge in [-0.3, -0.25) is 14.9 Å². The second-order valence-corrected chi connectivity index (χ2v) is 20.2. The number of amides is 2. The van der Waals surface area contributed by atoms with E-state index in [4.69, 9.17) is 33.2 Å². The van der Waals surface area contributed by atoms with Crippen LogP contribution in [0, 0.1) is 34.5 Å². The van der Waals surface area contributed by atoms with Crippen LogP contribution in [0.5, 0.6) is 23.0 Å². The van der Waals surface area contributed by atoms with Gasteiger partial charge in [-0.25, -0.2) is 9.59 Å². The van der Waals surface area contributed by atoms with Crippen LogP contribution in [0.4, 0.5) is 15.3 Å². The van der Waals surface area contributed by atoms with Gasteiger partial charge >= 0.3 is 24.1 Å². The summed E-state index contributed by atoms with van der Waals surface area (Å²) in [6.45, 7) is 7.30. The van der Waals surface area contributed by atoms with Crippen LogP contribution in [-0.4, -0.2) is 69.9 Å². The average Bonchev–Trinajstić information content (AvgIpc) is 3.59. The Bertz CT molecular complexity index is 2200. The largest absolute Gasteiger partial charge is 0.493 e. The van der Waals surface area contributed by atoms with Crippen molar-refractivity contribution in [2.24, 2.45) is 34.5 Å². The molecular weight excluding hydrogens is 831 g/mol. The lowest BCUT2D eigenvalue weighted by atomic mass is 9.43. The summed E-state index contributed by atoms with van der Waals surface area (Å²) in [5, 5.41) is 9.61. The number of hydrogen-bond acceptors (Lipinski definition) is 12. The predicted molar refractivity (Wildman–Crippen MR) is 242 cm³/mol. The van der Waals surface area contributed by atoms with Crippen molar-refractivity contribution in [3.63, 3.8) is 0 Å². The third kappa shape index (κ3) is 11.0. The molecule has 14 nitrogen and oxygen atoms in total. The number of carbonyl (C=O) groups excluding carboxylic acids is 4. The van der Waals surface area contributed by atoms with Crippen LogP contribution < -0.4 is 34.9 Å². The summed E-state index contributed by atoms with van der Waals surface area (Å²) in [5.74, 6) is 1.35. The summed E-state index contributed by atoms with van der Waals surface area (Å²) in [6.07, 6.45) is 8.63. The zero-order valence-corrected chi connectivity index (χ0v) is 38.6. The molecule has 3 aromatic rings. The van der Waals surface area contributed by atoms with Gasteiger partial charge in [0.25, 0.3) is 0 Å². The van der Waals surface area contributed by atoms with Crippen molar-refractivity contribution in [1.82, 2.24) is 10.6 Å². The first-order valence-corrected chi connectivity index (χ1v) is 23.2. The molecule has 3 unspecified atom stereocenters. The third-order valence-corrected chi connectivity index (χ3v) is 14.5. The normalized spacial score (nSPS) is 29.3. The van der Waals surface area contributed by atoms with Gasteiger partial charge < -0.3 is 43.8 Å². The van der Waals surface area contributed by atoms with Gasteiger partial charge in [0.15, 0.2) is 23.0 Å². The maximum Gasteiger partial charge on any atom is 0.417 e. The topological polar surface area (TPSA) is 169 Å². The van der Waals surface area contributed by atoms with E-state index >= 15 is 0 Å². The molecule has 1 heterocycles. The monoisotopic (exact) mass is 895 g/mol. The molecule has 5 aliphatic carbocycles. The number of alkyl carbamates (subject to hydrolysis) is 1. The van der Waals surface area contributed by atoms with Crippen LogP contribution >= 0.6 is 0 Å². The summed E-state index contributed by atoms with van der Waals surface area (Å²) in [6, 6.07) is 18.8. The van der Waals surface area contributed by atoms with E-state index in [0.717, 1.165) is 48.8 Å². The van der Waals surface area contributed by atoms with E-state index in [0.29, 0.717) is 67.7 Å². The van der Waals surface area contributed by atoms with Crippen LogP contribution in [0.2, 0.25) is 0 Å². The molecular formula is C51H65N3O11. The number of carbonyl (C=O) groups is 4. The zero-order valence-electron chi connectivity index (χ0n) is 38.6. The van der Waals surface area contributed by atoms with Crippen molar-refractivity contribution >= 4 is 29.8 Å². The molecule has 0 aromatic heterocycles. The summed E-state index contributed by atoms with van der Waals surface area (Å²) >= 11 is 0. The summed E-state index contributed by atoms with van der Waals surface area (Å²) in [4.78, 5) is 51.9. The quantitative estimate of drug-likeness (QED) is 0.0924. The van der Waals surface area contributed by atoms with E-state index in [9.17, 15) is 19.2 Å². The number of hydrogen-bond donors (Lipinski definition) is 3. The molecule has 0 spiro atoms. The number of methoxy groups -OCH3 is 3. The SMILES string of the molecule is COc1ccc(C[C@H]2COC(=O)[C@@H]2Cc2ccc(OC(=O)Nc3ccc(CNC4CCC(C(=O)OC(C)OC(=O)NC56CC7CC(C)(CC(C)(C7)C5)C6)CC4)cc3)c(OC)c2)cc1OC. The highest BCUT2D eigenvalue weighted by Gasteiger charge is 2.60. The van der Waals surface area contributed by atoms with Crippen LogP contribution in [0.3, 0.4) is 0 Å². The molecule has 5 atom stereocenters. The molecule has 14 heteroatoms. The van der Waals surface area contributed by atoms with E-state index in [-0.39, 0.29) is 57.9 Å². The Hall–Kier alpha value is -5.50. The van der Waals surface area contributed by atoms with Crippen molar-refractivity contribution < 1.29 is 52.3 Å². The number of cyclic esters (lactones) is 1. The fourth-order valence-electron chi connectivity index (χ4n) is 12.6. The molecule has 6 fully saturated rings. The first-order chi connectivity index (χ1) is 31.1.